The van der Waals surface area contributed by atoms with Crippen LogP contribution in [0.15, 0.2) is 36.0 Å². The maximum Gasteiger partial charge on any atom is 0.120 e. The van der Waals surface area contributed by atoms with Crippen molar-refractivity contribution in [2.45, 2.75) is 12.5 Å². The van der Waals surface area contributed by atoms with Crippen molar-refractivity contribution in [3.05, 3.63) is 45.9 Å². The number of hydrogen-bond donors (Lipinski definition) is 1. The summed E-state index contributed by atoms with van der Waals surface area (Å²) >= 11 is 7.57. The first-order chi connectivity index (χ1) is 8.78. The van der Waals surface area contributed by atoms with Crippen LogP contribution < -0.4 is 10.1 Å². The van der Waals surface area contributed by atoms with E-state index in [0.717, 1.165) is 12.2 Å². The van der Waals surface area contributed by atoms with E-state index in [4.69, 9.17) is 16.3 Å². The molecule has 0 bridgehead atoms. The van der Waals surface area contributed by atoms with Crippen LogP contribution in [0.3, 0.4) is 0 Å². The second-order valence-corrected chi connectivity index (χ2v) is 5.33. The zero-order valence-corrected chi connectivity index (χ0v) is 11.7. The van der Waals surface area contributed by atoms with Crippen molar-refractivity contribution in [3.8, 4) is 5.75 Å². The number of thiazole rings is 1. The van der Waals surface area contributed by atoms with Gasteiger partial charge in [0.2, 0.25) is 0 Å². The molecule has 0 aliphatic heterocycles. The van der Waals surface area contributed by atoms with Gasteiger partial charge in [0.15, 0.2) is 0 Å². The Bertz CT molecular complexity index is 476. The van der Waals surface area contributed by atoms with Crippen LogP contribution in [0, 0.1) is 0 Å². The second-order valence-electron chi connectivity index (χ2n) is 3.93. The van der Waals surface area contributed by atoms with Crippen LogP contribution in [-0.2, 0) is 6.42 Å². The van der Waals surface area contributed by atoms with Crippen molar-refractivity contribution >= 4 is 22.9 Å². The third-order valence-corrected chi connectivity index (χ3v) is 3.62. The van der Waals surface area contributed by atoms with Crippen molar-refractivity contribution < 1.29 is 4.74 Å². The van der Waals surface area contributed by atoms with Gasteiger partial charge in [-0.1, -0.05) is 17.7 Å². The maximum atomic E-state index is 5.91. The van der Waals surface area contributed by atoms with Gasteiger partial charge < -0.3 is 10.1 Å². The molecule has 0 radical (unpaired) electrons. The smallest absolute Gasteiger partial charge is 0.120 e. The van der Waals surface area contributed by atoms with Gasteiger partial charge in [-0.15, -0.1) is 11.3 Å². The van der Waals surface area contributed by atoms with Gasteiger partial charge in [0, 0.05) is 28.6 Å². The summed E-state index contributed by atoms with van der Waals surface area (Å²) in [5.74, 6) is 0.798. The van der Waals surface area contributed by atoms with E-state index >= 15 is 0 Å². The van der Waals surface area contributed by atoms with E-state index in [-0.39, 0.29) is 6.04 Å². The van der Waals surface area contributed by atoms with Gasteiger partial charge in [-0.25, -0.2) is 0 Å². The SMILES string of the molecule is CNC(COc1cccc(Cl)c1)Cc1cncs1. The van der Waals surface area contributed by atoms with Crippen molar-refractivity contribution in [1.29, 1.82) is 0 Å². The van der Waals surface area contributed by atoms with Gasteiger partial charge in [0.25, 0.3) is 0 Å². The fourth-order valence-corrected chi connectivity index (χ4v) is 2.44. The average molecular weight is 283 g/mol. The lowest BCUT2D eigenvalue weighted by atomic mass is 10.2. The Morgan fingerprint density at radius 1 is 1.50 bits per heavy atom. The van der Waals surface area contributed by atoms with Crippen LogP contribution in [-0.4, -0.2) is 24.7 Å². The van der Waals surface area contributed by atoms with E-state index in [1.54, 1.807) is 11.3 Å². The fraction of sp³-hybridized carbons (Fsp3) is 0.308. The minimum absolute atomic E-state index is 0.268. The number of likely N-dealkylation sites (N-methyl/N-ethyl adjacent to an activating group) is 1. The highest BCUT2D eigenvalue weighted by atomic mass is 35.5. The lowest BCUT2D eigenvalue weighted by molar-refractivity contribution is 0.270. The molecule has 1 atom stereocenters. The Balaban J connectivity index is 1.87. The van der Waals surface area contributed by atoms with Crippen molar-refractivity contribution in [2.24, 2.45) is 0 Å². The molecule has 1 aromatic heterocycles. The number of rotatable bonds is 6. The largest absolute Gasteiger partial charge is 0.492 e. The quantitative estimate of drug-likeness (QED) is 0.884. The van der Waals surface area contributed by atoms with Gasteiger partial charge in [0.1, 0.15) is 12.4 Å². The standard InChI is InChI=1S/C13H15ClN2OS/c1-15-11(6-13-7-16-9-18-13)8-17-12-4-2-3-10(14)5-12/h2-5,7,9,11,15H,6,8H2,1H3. The van der Waals surface area contributed by atoms with Gasteiger partial charge >= 0.3 is 0 Å². The molecule has 2 rings (SSSR count). The zero-order chi connectivity index (χ0) is 12.8. The lowest BCUT2D eigenvalue weighted by Crippen LogP contribution is -2.33. The van der Waals surface area contributed by atoms with Crippen molar-refractivity contribution in [2.75, 3.05) is 13.7 Å². The zero-order valence-electron chi connectivity index (χ0n) is 10.1. The Morgan fingerprint density at radius 2 is 2.39 bits per heavy atom. The number of nitrogens with one attached hydrogen (secondary N) is 1. The summed E-state index contributed by atoms with van der Waals surface area (Å²) < 4.78 is 5.73. The molecule has 0 amide bonds. The molecule has 0 saturated carbocycles. The van der Waals surface area contributed by atoms with E-state index in [2.05, 4.69) is 10.3 Å². The Hall–Kier alpha value is -1.10. The van der Waals surface area contributed by atoms with E-state index < -0.39 is 0 Å². The summed E-state index contributed by atoms with van der Waals surface area (Å²) in [5.41, 5.74) is 1.85. The molecule has 18 heavy (non-hydrogen) atoms. The fourth-order valence-electron chi connectivity index (χ4n) is 1.58. The first-order valence-corrected chi connectivity index (χ1v) is 6.96. The predicted molar refractivity (Wildman–Crippen MR) is 75.6 cm³/mol. The average Bonchev–Trinajstić information content (AvgIpc) is 2.87. The number of ether oxygens (including phenoxy) is 1. The summed E-state index contributed by atoms with van der Waals surface area (Å²) in [7, 11) is 1.94. The number of nitrogens with zero attached hydrogens (tertiary/aromatic N) is 1. The van der Waals surface area contributed by atoms with Gasteiger partial charge in [0.05, 0.1) is 5.51 Å². The first kappa shape index (κ1) is 13.3. The van der Waals surface area contributed by atoms with Crippen LogP contribution in [0.2, 0.25) is 5.02 Å². The molecule has 0 aliphatic rings. The van der Waals surface area contributed by atoms with Crippen molar-refractivity contribution in [1.82, 2.24) is 10.3 Å². The third-order valence-electron chi connectivity index (χ3n) is 2.59. The molecule has 0 spiro atoms. The highest BCUT2D eigenvalue weighted by Gasteiger charge is 2.09. The van der Waals surface area contributed by atoms with Crippen LogP contribution in [0.4, 0.5) is 0 Å². The van der Waals surface area contributed by atoms with Crippen LogP contribution in [0.5, 0.6) is 5.75 Å². The van der Waals surface area contributed by atoms with E-state index in [9.17, 15) is 0 Å². The van der Waals surface area contributed by atoms with Crippen LogP contribution in [0.25, 0.3) is 0 Å². The Morgan fingerprint density at radius 3 is 3.06 bits per heavy atom. The highest BCUT2D eigenvalue weighted by Crippen LogP contribution is 2.17. The number of halogens is 1. The molecule has 2 aromatic rings. The summed E-state index contributed by atoms with van der Waals surface area (Å²) in [6, 6.07) is 7.72. The molecule has 0 saturated heterocycles. The molecule has 1 heterocycles. The molecule has 3 nitrogen and oxygen atoms in total. The predicted octanol–water partition coefficient (Wildman–Crippen LogP) is 3.01. The Kier molecular flexibility index (Phi) is 4.99. The third kappa shape index (κ3) is 3.98. The van der Waals surface area contributed by atoms with E-state index in [1.165, 1.54) is 4.88 Å². The summed E-state index contributed by atoms with van der Waals surface area (Å²) in [6.07, 6.45) is 2.82. The van der Waals surface area contributed by atoms with Gasteiger partial charge in [-0.2, -0.15) is 0 Å². The second kappa shape index (κ2) is 6.73. The molecule has 5 heteroatoms. The molecule has 0 fully saturated rings. The topological polar surface area (TPSA) is 34.1 Å². The lowest BCUT2D eigenvalue weighted by Gasteiger charge is -2.16. The van der Waals surface area contributed by atoms with Crippen LogP contribution >= 0.6 is 22.9 Å². The first-order valence-electron chi connectivity index (χ1n) is 5.71. The van der Waals surface area contributed by atoms with E-state index in [0.29, 0.717) is 11.6 Å². The number of benzene rings is 1. The number of hydrogen-bond acceptors (Lipinski definition) is 4. The normalized spacial score (nSPS) is 12.3. The van der Waals surface area contributed by atoms with Crippen molar-refractivity contribution in [3.63, 3.8) is 0 Å². The maximum absolute atomic E-state index is 5.91. The van der Waals surface area contributed by atoms with E-state index in [1.807, 2.05) is 43.0 Å². The minimum atomic E-state index is 0.268. The molecule has 1 N–H and O–H groups in total. The Labute approximate surface area is 116 Å². The summed E-state index contributed by atoms with van der Waals surface area (Å²) in [6.45, 7) is 0.606. The molecular weight excluding hydrogens is 268 g/mol. The number of aromatic nitrogens is 1. The van der Waals surface area contributed by atoms with Gasteiger partial charge in [-0.05, 0) is 25.2 Å². The van der Waals surface area contributed by atoms with Crippen LogP contribution in [0.1, 0.15) is 4.88 Å². The monoisotopic (exact) mass is 282 g/mol. The molecule has 1 aromatic carbocycles. The summed E-state index contributed by atoms with van der Waals surface area (Å²) in [4.78, 5) is 5.33. The highest BCUT2D eigenvalue weighted by molar-refractivity contribution is 7.09. The molecule has 1 unspecified atom stereocenters. The minimum Gasteiger partial charge on any atom is -0.492 e. The molecule has 0 aliphatic carbocycles. The molecular formula is C13H15ClN2OS. The summed E-state index contributed by atoms with van der Waals surface area (Å²) in [5, 5.41) is 3.94. The van der Waals surface area contributed by atoms with Gasteiger partial charge in [-0.3, -0.25) is 4.98 Å². The molecule has 96 valence electrons.